The molecular formula is C16H21F3N2O2. The second-order valence-corrected chi connectivity index (χ2v) is 5.88. The first-order chi connectivity index (χ1) is 10.5. The minimum atomic E-state index is -4.48. The van der Waals surface area contributed by atoms with E-state index in [0.717, 1.165) is 6.07 Å². The average molecular weight is 330 g/mol. The minimum Gasteiger partial charge on any atom is -0.368 e. The second-order valence-electron chi connectivity index (χ2n) is 5.88. The molecule has 0 aromatic heterocycles. The maximum Gasteiger partial charge on any atom is 0.416 e. The van der Waals surface area contributed by atoms with Crippen LogP contribution in [0.25, 0.3) is 0 Å². The molecule has 3 N–H and O–H groups in total. The van der Waals surface area contributed by atoms with Gasteiger partial charge in [0.15, 0.2) is 0 Å². The first-order valence-electron chi connectivity index (χ1n) is 7.28. The molecule has 1 rings (SSSR count). The zero-order chi connectivity index (χ0) is 17.8. The first-order valence-corrected chi connectivity index (χ1v) is 7.28. The summed E-state index contributed by atoms with van der Waals surface area (Å²) in [5.74, 6) is -2.02. The topological polar surface area (TPSA) is 72.2 Å². The van der Waals surface area contributed by atoms with Gasteiger partial charge in [0.05, 0.1) is 5.56 Å². The number of nitrogens with one attached hydrogen (secondary N) is 1. The number of alkyl halides is 3. The van der Waals surface area contributed by atoms with Gasteiger partial charge in [0, 0.05) is 6.42 Å². The molecular weight excluding hydrogens is 309 g/mol. The fourth-order valence-electron chi connectivity index (χ4n) is 2.37. The van der Waals surface area contributed by atoms with Crippen LogP contribution in [-0.4, -0.2) is 17.9 Å². The van der Waals surface area contributed by atoms with E-state index in [9.17, 15) is 22.8 Å². The predicted molar refractivity (Wildman–Crippen MR) is 80.4 cm³/mol. The van der Waals surface area contributed by atoms with E-state index < -0.39 is 35.5 Å². The maximum absolute atomic E-state index is 13.0. The molecule has 1 aromatic carbocycles. The highest BCUT2D eigenvalue weighted by atomic mass is 19.4. The summed E-state index contributed by atoms with van der Waals surface area (Å²) in [6.45, 7) is 4.98. The molecule has 4 nitrogen and oxygen atoms in total. The Morgan fingerprint density at radius 1 is 1.17 bits per heavy atom. The maximum atomic E-state index is 13.0. The van der Waals surface area contributed by atoms with Gasteiger partial charge in [-0.05, 0) is 23.5 Å². The van der Waals surface area contributed by atoms with Gasteiger partial charge in [0.25, 0.3) is 0 Å². The molecule has 0 saturated heterocycles. The zero-order valence-corrected chi connectivity index (χ0v) is 13.3. The number of rotatable bonds is 6. The number of carbonyl (C=O) groups excluding carboxylic acids is 2. The molecule has 0 spiro atoms. The lowest BCUT2D eigenvalue weighted by Crippen LogP contribution is -2.47. The quantitative estimate of drug-likeness (QED) is 0.842. The first kappa shape index (κ1) is 19.0. The van der Waals surface area contributed by atoms with Crippen LogP contribution in [0.5, 0.6) is 0 Å². The summed E-state index contributed by atoms with van der Waals surface area (Å²) in [7, 11) is 0. The molecule has 0 heterocycles. The summed E-state index contributed by atoms with van der Waals surface area (Å²) < 4.78 is 39.0. The standard InChI is InChI=1S/C16H21F3N2O2/c1-9(2)14(15(20)23)21-13(22)8-10(3)11-6-4-5-7-12(11)16(17,18)19/h4-7,9-10,14H,8H2,1-3H3,(H2,20,23)(H,21,22)/t10-,14+/m1/s1. The molecule has 7 heteroatoms. The third kappa shape index (κ3) is 5.26. The van der Waals surface area contributed by atoms with Crippen LogP contribution in [0, 0.1) is 5.92 Å². The number of amides is 2. The van der Waals surface area contributed by atoms with Gasteiger partial charge < -0.3 is 11.1 Å². The SMILES string of the molecule is CC(C)[C@H](NC(=O)C[C@@H](C)c1ccccc1C(F)(F)F)C(N)=O. The largest absolute Gasteiger partial charge is 0.416 e. The Bertz CT molecular complexity index is 571. The van der Waals surface area contributed by atoms with E-state index in [1.54, 1.807) is 20.8 Å². The molecule has 0 bridgehead atoms. The molecule has 1 aromatic rings. The van der Waals surface area contributed by atoms with E-state index >= 15 is 0 Å². The Morgan fingerprint density at radius 2 is 1.74 bits per heavy atom. The van der Waals surface area contributed by atoms with Crippen molar-refractivity contribution in [1.82, 2.24) is 5.32 Å². The van der Waals surface area contributed by atoms with Crippen molar-refractivity contribution in [2.24, 2.45) is 11.7 Å². The summed E-state index contributed by atoms with van der Waals surface area (Å²) in [6, 6.07) is 4.31. The van der Waals surface area contributed by atoms with Gasteiger partial charge in [0.1, 0.15) is 6.04 Å². The lowest BCUT2D eigenvalue weighted by atomic mass is 9.92. The van der Waals surface area contributed by atoms with Crippen molar-refractivity contribution in [3.05, 3.63) is 35.4 Å². The van der Waals surface area contributed by atoms with Crippen molar-refractivity contribution in [3.8, 4) is 0 Å². The minimum absolute atomic E-state index is 0.0512. The van der Waals surface area contributed by atoms with Gasteiger partial charge >= 0.3 is 6.18 Å². The van der Waals surface area contributed by atoms with E-state index in [4.69, 9.17) is 5.73 Å². The Kier molecular flexibility index (Phi) is 6.18. The smallest absolute Gasteiger partial charge is 0.368 e. The highest BCUT2D eigenvalue weighted by Gasteiger charge is 2.34. The van der Waals surface area contributed by atoms with Crippen molar-refractivity contribution in [2.45, 2.75) is 45.3 Å². The van der Waals surface area contributed by atoms with Crippen molar-refractivity contribution in [2.75, 3.05) is 0 Å². The summed E-state index contributed by atoms with van der Waals surface area (Å²) in [5, 5.41) is 2.48. The van der Waals surface area contributed by atoms with Gasteiger partial charge in [-0.3, -0.25) is 9.59 Å². The fraction of sp³-hybridized carbons (Fsp3) is 0.500. The third-order valence-electron chi connectivity index (χ3n) is 3.58. The normalized spacial score (nSPS) is 14.4. The lowest BCUT2D eigenvalue weighted by Gasteiger charge is -2.21. The second kappa shape index (κ2) is 7.48. The Balaban J connectivity index is 2.86. The van der Waals surface area contributed by atoms with Crippen LogP contribution in [0.4, 0.5) is 13.2 Å². The molecule has 2 amide bonds. The van der Waals surface area contributed by atoms with Crippen LogP contribution in [-0.2, 0) is 15.8 Å². The summed E-state index contributed by atoms with van der Waals surface area (Å²) in [5.41, 5.74) is 4.50. The van der Waals surface area contributed by atoms with E-state index in [1.807, 2.05) is 0 Å². The lowest BCUT2D eigenvalue weighted by molar-refractivity contribution is -0.138. The highest BCUT2D eigenvalue weighted by molar-refractivity contribution is 5.87. The summed E-state index contributed by atoms with van der Waals surface area (Å²) >= 11 is 0. The van der Waals surface area contributed by atoms with Gasteiger partial charge in [0.2, 0.25) is 11.8 Å². The molecule has 0 unspecified atom stereocenters. The molecule has 0 saturated carbocycles. The molecule has 0 radical (unpaired) electrons. The summed E-state index contributed by atoms with van der Waals surface area (Å²) in [4.78, 5) is 23.3. The van der Waals surface area contributed by atoms with Crippen molar-refractivity contribution < 1.29 is 22.8 Å². The van der Waals surface area contributed by atoms with Gasteiger partial charge in [-0.1, -0.05) is 39.0 Å². The molecule has 23 heavy (non-hydrogen) atoms. The van der Waals surface area contributed by atoms with Crippen LogP contribution in [0.15, 0.2) is 24.3 Å². The predicted octanol–water partition coefficient (Wildman–Crippen LogP) is 2.83. The number of carbonyl (C=O) groups is 2. The van der Waals surface area contributed by atoms with Crippen LogP contribution in [0.2, 0.25) is 0 Å². The fourth-order valence-corrected chi connectivity index (χ4v) is 2.37. The zero-order valence-electron chi connectivity index (χ0n) is 13.3. The van der Waals surface area contributed by atoms with E-state index in [0.29, 0.717) is 0 Å². The number of nitrogens with two attached hydrogens (primary N) is 1. The van der Waals surface area contributed by atoms with Crippen molar-refractivity contribution in [1.29, 1.82) is 0 Å². The van der Waals surface area contributed by atoms with Gasteiger partial charge in [-0.15, -0.1) is 0 Å². The number of hydrogen-bond donors (Lipinski definition) is 2. The monoisotopic (exact) mass is 330 g/mol. The molecule has 0 fully saturated rings. The summed E-state index contributed by atoms with van der Waals surface area (Å²) in [6.07, 6.45) is -4.64. The molecule has 0 aliphatic carbocycles. The molecule has 2 atom stereocenters. The van der Waals surface area contributed by atoms with Gasteiger partial charge in [-0.2, -0.15) is 13.2 Å². The van der Waals surface area contributed by atoms with Crippen LogP contribution in [0.3, 0.4) is 0 Å². The van der Waals surface area contributed by atoms with Crippen LogP contribution >= 0.6 is 0 Å². The van der Waals surface area contributed by atoms with Crippen molar-refractivity contribution >= 4 is 11.8 Å². The number of halogens is 3. The van der Waals surface area contributed by atoms with Crippen LogP contribution < -0.4 is 11.1 Å². The highest BCUT2D eigenvalue weighted by Crippen LogP contribution is 2.35. The average Bonchev–Trinajstić information content (AvgIpc) is 2.43. The Hall–Kier alpha value is -2.05. The van der Waals surface area contributed by atoms with Gasteiger partial charge in [-0.25, -0.2) is 0 Å². The third-order valence-corrected chi connectivity index (χ3v) is 3.58. The number of hydrogen-bond acceptors (Lipinski definition) is 2. The molecule has 0 aliphatic heterocycles. The molecule has 128 valence electrons. The van der Waals surface area contributed by atoms with Crippen molar-refractivity contribution in [3.63, 3.8) is 0 Å². The van der Waals surface area contributed by atoms with E-state index in [1.165, 1.54) is 18.2 Å². The van der Waals surface area contributed by atoms with E-state index in [-0.39, 0.29) is 17.9 Å². The number of primary amides is 1. The Morgan fingerprint density at radius 3 is 2.22 bits per heavy atom. The Labute approximate surface area is 133 Å². The molecule has 0 aliphatic rings. The van der Waals surface area contributed by atoms with Crippen LogP contribution in [0.1, 0.15) is 44.2 Å². The number of benzene rings is 1. The van der Waals surface area contributed by atoms with E-state index in [2.05, 4.69) is 5.32 Å².